The largest absolute Gasteiger partial charge is 0.397 e. The predicted octanol–water partition coefficient (Wildman–Crippen LogP) is 8.12. The fourth-order valence-corrected chi connectivity index (χ4v) is 3.95. The van der Waals surface area contributed by atoms with Crippen LogP contribution in [0.5, 0.6) is 0 Å². The molecular weight excluding hydrogens is 384 g/mol. The van der Waals surface area contributed by atoms with Crippen molar-refractivity contribution in [2.24, 2.45) is 11.3 Å². The van der Waals surface area contributed by atoms with Crippen molar-refractivity contribution in [3.8, 4) is 0 Å². The Morgan fingerprint density at radius 3 is 1.28 bits per heavy atom. The van der Waals surface area contributed by atoms with Gasteiger partial charge in [-0.05, 0) is 17.8 Å². The summed E-state index contributed by atoms with van der Waals surface area (Å²) in [5, 5.41) is 0. The number of hydrogen-bond acceptors (Lipinski definition) is 3. The SMILES string of the molecule is CC(CCCCCCCCCCCCCCCCCCOS(=O)(=O)O)C(C)(C)C. The van der Waals surface area contributed by atoms with Crippen molar-refractivity contribution in [1.29, 1.82) is 0 Å². The third-order valence-electron chi connectivity index (χ3n) is 6.24. The first-order chi connectivity index (χ1) is 13.6. The zero-order valence-electron chi connectivity index (χ0n) is 19.9. The number of unbranched alkanes of at least 4 members (excludes halogenated alkanes) is 15. The molecule has 0 aromatic rings. The second-order valence-electron chi connectivity index (χ2n) is 9.96. The molecule has 0 amide bonds. The van der Waals surface area contributed by atoms with Gasteiger partial charge in [-0.1, -0.05) is 130 Å². The van der Waals surface area contributed by atoms with Crippen molar-refractivity contribution in [2.45, 2.75) is 137 Å². The minimum absolute atomic E-state index is 0.0925. The van der Waals surface area contributed by atoms with E-state index in [-0.39, 0.29) is 6.61 Å². The molecule has 0 aromatic carbocycles. The van der Waals surface area contributed by atoms with Crippen molar-refractivity contribution >= 4 is 10.4 Å². The molecule has 1 unspecified atom stereocenters. The summed E-state index contributed by atoms with van der Waals surface area (Å²) in [6.07, 6.45) is 21.9. The molecule has 0 aliphatic rings. The van der Waals surface area contributed by atoms with Gasteiger partial charge in [0.15, 0.2) is 0 Å². The van der Waals surface area contributed by atoms with E-state index in [0.29, 0.717) is 11.8 Å². The van der Waals surface area contributed by atoms with Crippen molar-refractivity contribution in [1.82, 2.24) is 0 Å². The molecule has 1 N–H and O–H groups in total. The van der Waals surface area contributed by atoms with Crippen LogP contribution in [0.2, 0.25) is 0 Å². The number of rotatable bonds is 20. The molecular formula is C24H50O4S. The Bertz CT molecular complexity index is 454. The van der Waals surface area contributed by atoms with Crippen molar-refractivity contribution < 1.29 is 17.2 Å². The number of hydrogen-bond donors (Lipinski definition) is 1. The molecule has 0 aromatic heterocycles. The Labute approximate surface area is 182 Å². The van der Waals surface area contributed by atoms with Crippen LogP contribution in [0.25, 0.3) is 0 Å². The van der Waals surface area contributed by atoms with E-state index in [1.807, 2.05) is 0 Å². The van der Waals surface area contributed by atoms with E-state index in [1.54, 1.807) is 0 Å². The topological polar surface area (TPSA) is 63.6 Å². The predicted molar refractivity (Wildman–Crippen MR) is 125 cm³/mol. The van der Waals surface area contributed by atoms with Crippen LogP contribution < -0.4 is 0 Å². The zero-order valence-corrected chi connectivity index (χ0v) is 20.7. The lowest BCUT2D eigenvalue weighted by atomic mass is 9.79. The van der Waals surface area contributed by atoms with E-state index in [0.717, 1.165) is 18.8 Å². The lowest BCUT2D eigenvalue weighted by molar-refractivity contribution is 0.240. The Balaban J connectivity index is 3.15. The monoisotopic (exact) mass is 434 g/mol. The van der Waals surface area contributed by atoms with Gasteiger partial charge in [0.25, 0.3) is 0 Å². The molecule has 4 nitrogen and oxygen atoms in total. The lowest BCUT2D eigenvalue weighted by Gasteiger charge is -2.27. The molecule has 0 fully saturated rings. The minimum Gasteiger partial charge on any atom is -0.264 e. The third kappa shape index (κ3) is 22.4. The molecule has 0 bridgehead atoms. The fraction of sp³-hybridized carbons (Fsp3) is 1.00. The van der Waals surface area contributed by atoms with Crippen molar-refractivity contribution in [3.63, 3.8) is 0 Å². The van der Waals surface area contributed by atoms with Gasteiger partial charge in [0.05, 0.1) is 6.61 Å². The first-order valence-electron chi connectivity index (χ1n) is 12.2. The molecule has 0 radical (unpaired) electrons. The van der Waals surface area contributed by atoms with Crippen LogP contribution in [0.15, 0.2) is 0 Å². The second kappa shape index (κ2) is 17.5. The molecule has 0 saturated carbocycles. The van der Waals surface area contributed by atoms with Gasteiger partial charge in [0.2, 0.25) is 0 Å². The van der Waals surface area contributed by atoms with Crippen LogP contribution in [0, 0.1) is 11.3 Å². The highest BCUT2D eigenvalue weighted by Gasteiger charge is 2.18. The molecule has 1 atom stereocenters. The first kappa shape index (κ1) is 28.9. The highest BCUT2D eigenvalue weighted by Crippen LogP contribution is 2.29. The van der Waals surface area contributed by atoms with Gasteiger partial charge >= 0.3 is 10.4 Å². The van der Waals surface area contributed by atoms with Gasteiger partial charge in [-0.25, -0.2) is 4.18 Å². The van der Waals surface area contributed by atoms with E-state index in [4.69, 9.17) is 4.55 Å². The fourth-order valence-electron chi connectivity index (χ4n) is 3.62. The smallest absolute Gasteiger partial charge is 0.264 e. The summed E-state index contributed by atoms with van der Waals surface area (Å²) in [4.78, 5) is 0. The average molecular weight is 435 g/mol. The Hall–Kier alpha value is -0.130. The normalized spacial score (nSPS) is 13.7. The van der Waals surface area contributed by atoms with E-state index in [9.17, 15) is 8.42 Å². The maximum absolute atomic E-state index is 10.4. The standard InChI is InChI=1S/C24H50O4S/c1-23(24(2,3)4)21-19-17-15-13-11-9-7-5-6-8-10-12-14-16-18-20-22-28-29(25,26)27/h23H,5-22H2,1-4H3,(H,25,26,27). The van der Waals surface area contributed by atoms with E-state index in [2.05, 4.69) is 31.9 Å². The van der Waals surface area contributed by atoms with Crippen LogP contribution in [-0.4, -0.2) is 19.6 Å². The first-order valence-corrected chi connectivity index (χ1v) is 13.6. The molecule has 0 saturated heterocycles. The van der Waals surface area contributed by atoms with Crippen LogP contribution in [0.3, 0.4) is 0 Å². The Kier molecular flexibility index (Phi) is 17.5. The highest BCUT2D eigenvalue weighted by molar-refractivity contribution is 7.80. The third-order valence-corrected chi connectivity index (χ3v) is 6.71. The molecule has 176 valence electrons. The maximum Gasteiger partial charge on any atom is 0.397 e. The molecule has 0 heterocycles. The van der Waals surface area contributed by atoms with Crippen molar-refractivity contribution in [2.75, 3.05) is 6.61 Å². The molecule has 29 heavy (non-hydrogen) atoms. The molecule has 0 spiro atoms. The van der Waals surface area contributed by atoms with Gasteiger partial charge < -0.3 is 0 Å². The Morgan fingerprint density at radius 2 is 0.966 bits per heavy atom. The summed E-state index contributed by atoms with van der Waals surface area (Å²) in [6.45, 7) is 9.55. The van der Waals surface area contributed by atoms with Gasteiger partial charge in [-0.15, -0.1) is 0 Å². The summed E-state index contributed by atoms with van der Waals surface area (Å²) in [7, 11) is -4.25. The summed E-state index contributed by atoms with van der Waals surface area (Å²) >= 11 is 0. The Morgan fingerprint density at radius 1 is 0.655 bits per heavy atom. The van der Waals surface area contributed by atoms with E-state index >= 15 is 0 Å². The summed E-state index contributed by atoms with van der Waals surface area (Å²) < 4.78 is 33.5. The van der Waals surface area contributed by atoms with Crippen molar-refractivity contribution in [3.05, 3.63) is 0 Å². The summed E-state index contributed by atoms with van der Waals surface area (Å²) in [6, 6.07) is 0. The average Bonchev–Trinajstić information content (AvgIpc) is 2.61. The maximum atomic E-state index is 10.4. The van der Waals surface area contributed by atoms with Crippen LogP contribution in [0.4, 0.5) is 0 Å². The van der Waals surface area contributed by atoms with Crippen LogP contribution in [0.1, 0.15) is 137 Å². The lowest BCUT2D eigenvalue weighted by Crippen LogP contribution is -2.16. The minimum atomic E-state index is -4.25. The van der Waals surface area contributed by atoms with E-state index < -0.39 is 10.4 Å². The summed E-state index contributed by atoms with van der Waals surface area (Å²) in [5.41, 5.74) is 0.462. The van der Waals surface area contributed by atoms with E-state index in [1.165, 1.54) is 89.9 Å². The van der Waals surface area contributed by atoms with Gasteiger partial charge in [-0.3, -0.25) is 4.55 Å². The molecule has 0 aliphatic carbocycles. The molecule has 0 rings (SSSR count). The zero-order chi connectivity index (χ0) is 22.0. The van der Waals surface area contributed by atoms with Gasteiger partial charge in [-0.2, -0.15) is 8.42 Å². The van der Waals surface area contributed by atoms with Crippen LogP contribution >= 0.6 is 0 Å². The highest BCUT2D eigenvalue weighted by atomic mass is 32.3. The molecule has 5 heteroatoms. The quantitative estimate of drug-likeness (QED) is 0.155. The van der Waals surface area contributed by atoms with Gasteiger partial charge in [0.1, 0.15) is 0 Å². The second-order valence-corrected chi connectivity index (χ2v) is 11.1. The summed E-state index contributed by atoms with van der Waals surface area (Å²) in [5.74, 6) is 0.829. The van der Waals surface area contributed by atoms with Crippen LogP contribution in [-0.2, 0) is 14.6 Å². The van der Waals surface area contributed by atoms with Gasteiger partial charge in [0, 0.05) is 0 Å². The molecule has 0 aliphatic heterocycles.